The van der Waals surface area contributed by atoms with E-state index in [1.807, 2.05) is 0 Å². The average molecular weight is 220 g/mol. The predicted molar refractivity (Wildman–Crippen MR) is 62.5 cm³/mol. The molecule has 1 atom stereocenters. The Bertz CT molecular complexity index is 329. The van der Waals surface area contributed by atoms with Crippen molar-refractivity contribution in [2.45, 2.75) is 57.5 Å². The summed E-state index contributed by atoms with van der Waals surface area (Å²) in [4.78, 5) is 8.19. The van der Waals surface area contributed by atoms with Crippen LogP contribution in [0, 0.1) is 0 Å². The average Bonchev–Trinajstić information content (AvgIpc) is 2.95. The second-order valence-electron chi connectivity index (χ2n) is 4.99. The molecule has 1 saturated heterocycles. The Kier molecular flexibility index (Phi) is 2.96. The zero-order valence-electron chi connectivity index (χ0n) is 9.80. The van der Waals surface area contributed by atoms with E-state index in [9.17, 15) is 0 Å². The molecule has 88 valence electrons. The molecule has 0 saturated carbocycles. The van der Waals surface area contributed by atoms with E-state index in [0.29, 0.717) is 6.10 Å². The van der Waals surface area contributed by atoms with Crippen LogP contribution in [0.5, 0.6) is 0 Å². The Morgan fingerprint density at radius 1 is 1.25 bits per heavy atom. The summed E-state index contributed by atoms with van der Waals surface area (Å²) in [6.07, 6.45) is 10.1. The quantitative estimate of drug-likeness (QED) is 0.849. The molecule has 0 amide bonds. The Balaban J connectivity index is 1.59. The van der Waals surface area contributed by atoms with Crippen LogP contribution >= 0.6 is 0 Å². The van der Waals surface area contributed by atoms with E-state index >= 15 is 0 Å². The fourth-order valence-electron chi connectivity index (χ4n) is 2.80. The predicted octanol–water partition coefficient (Wildman–Crippen LogP) is 2.40. The molecule has 2 aliphatic rings. The van der Waals surface area contributed by atoms with E-state index in [-0.39, 0.29) is 0 Å². The number of nitrogens with zero attached hydrogens (tertiary/aromatic N) is 1. The second kappa shape index (κ2) is 4.58. The summed E-state index contributed by atoms with van der Waals surface area (Å²) in [6.45, 7) is 0.958. The highest BCUT2D eigenvalue weighted by molar-refractivity contribution is 5.17. The zero-order chi connectivity index (χ0) is 10.8. The van der Waals surface area contributed by atoms with Crippen LogP contribution in [0.15, 0.2) is 0 Å². The fraction of sp³-hybridized carbons (Fsp3) is 0.769. The van der Waals surface area contributed by atoms with Gasteiger partial charge in [0.1, 0.15) is 5.82 Å². The van der Waals surface area contributed by atoms with Gasteiger partial charge in [-0.3, -0.25) is 0 Å². The van der Waals surface area contributed by atoms with E-state index in [1.54, 1.807) is 0 Å². The Labute approximate surface area is 96.6 Å². The van der Waals surface area contributed by atoms with E-state index < -0.39 is 0 Å². The van der Waals surface area contributed by atoms with Gasteiger partial charge >= 0.3 is 0 Å². The van der Waals surface area contributed by atoms with Gasteiger partial charge in [-0.05, 0) is 44.9 Å². The molecule has 0 bridgehead atoms. The van der Waals surface area contributed by atoms with Crippen molar-refractivity contribution < 1.29 is 4.74 Å². The summed E-state index contributed by atoms with van der Waals surface area (Å²) < 4.78 is 5.64. The molecule has 1 aromatic heterocycles. The van der Waals surface area contributed by atoms with Crippen molar-refractivity contribution in [3.05, 3.63) is 17.2 Å². The minimum atomic E-state index is 0.488. The van der Waals surface area contributed by atoms with Crippen molar-refractivity contribution in [1.82, 2.24) is 9.97 Å². The summed E-state index contributed by atoms with van der Waals surface area (Å²) in [6, 6.07) is 0. The number of fused-ring (bicyclic) bond motifs is 1. The summed E-state index contributed by atoms with van der Waals surface area (Å²) in [7, 11) is 0. The molecule has 1 fully saturated rings. The molecule has 0 radical (unpaired) electrons. The maximum absolute atomic E-state index is 5.64. The van der Waals surface area contributed by atoms with Gasteiger partial charge in [0.25, 0.3) is 0 Å². The van der Waals surface area contributed by atoms with Gasteiger partial charge in [-0.1, -0.05) is 0 Å². The van der Waals surface area contributed by atoms with Crippen molar-refractivity contribution >= 4 is 0 Å². The third kappa shape index (κ3) is 2.14. The third-order valence-corrected chi connectivity index (χ3v) is 3.73. The highest BCUT2D eigenvalue weighted by Crippen LogP contribution is 2.21. The van der Waals surface area contributed by atoms with Gasteiger partial charge in [0.15, 0.2) is 0 Å². The van der Waals surface area contributed by atoms with Crippen LogP contribution in [0.25, 0.3) is 0 Å². The summed E-state index contributed by atoms with van der Waals surface area (Å²) in [5.74, 6) is 1.18. The highest BCUT2D eigenvalue weighted by Gasteiger charge is 2.18. The van der Waals surface area contributed by atoms with Gasteiger partial charge in [0.05, 0.1) is 11.8 Å². The number of hydrogen-bond donors (Lipinski definition) is 1. The molecular formula is C13H20N2O. The lowest BCUT2D eigenvalue weighted by molar-refractivity contribution is 0.104. The summed E-state index contributed by atoms with van der Waals surface area (Å²) in [5, 5.41) is 0. The van der Waals surface area contributed by atoms with E-state index in [2.05, 4.69) is 4.98 Å². The summed E-state index contributed by atoms with van der Waals surface area (Å²) in [5.41, 5.74) is 2.72. The van der Waals surface area contributed by atoms with Crippen molar-refractivity contribution in [3.63, 3.8) is 0 Å². The van der Waals surface area contributed by atoms with E-state index in [1.165, 1.54) is 55.7 Å². The minimum Gasteiger partial charge on any atom is -0.378 e. The van der Waals surface area contributed by atoms with Crippen molar-refractivity contribution in [1.29, 1.82) is 0 Å². The van der Waals surface area contributed by atoms with Crippen molar-refractivity contribution in [3.8, 4) is 0 Å². The maximum atomic E-state index is 5.64. The van der Waals surface area contributed by atoms with Crippen LogP contribution in [0.3, 0.4) is 0 Å². The number of aromatic nitrogens is 2. The topological polar surface area (TPSA) is 37.9 Å². The molecule has 0 spiro atoms. The Morgan fingerprint density at radius 3 is 3.00 bits per heavy atom. The monoisotopic (exact) mass is 220 g/mol. The standard InChI is InChI=1S/C13H20N2O/c1-2-6-12-11(5-1)14-13(15-12)8-7-10-4-3-9-16-10/h10H,1-9H2,(H,14,15). The molecule has 2 heterocycles. The number of imidazole rings is 1. The Hall–Kier alpha value is -0.830. The van der Waals surface area contributed by atoms with Crippen LogP contribution in [-0.2, 0) is 24.0 Å². The number of ether oxygens (including phenoxy) is 1. The number of H-pyrrole nitrogens is 1. The fourth-order valence-corrected chi connectivity index (χ4v) is 2.80. The molecule has 3 rings (SSSR count). The Morgan fingerprint density at radius 2 is 2.19 bits per heavy atom. The first-order valence-corrected chi connectivity index (χ1v) is 6.60. The van der Waals surface area contributed by atoms with Crippen LogP contribution in [0.1, 0.15) is 49.3 Å². The largest absolute Gasteiger partial charge is 0.378 e. The molecule has 0 aromatic carbocycles. The number of nitrogens with one attached hydrogen (secondary N) is 1. The third-order valence-electron chi connectivity index (χ3n) is 3.73. The molecule has 1 aliphatic heterocycles. The van der Waals surface area contributed by atoms with Gasteiger partial charge in [-0.15, -0.1) is 0 Å². The zero-order valence-corrected chi connectivity index (χ0v) is 9.80. The van der Waals surface area contributed by atoms with Gasteiger partial charge in [0.2, 0.25) is 0 Å². The van der Waals surface area contributed by atoms with Crippen LogP contribution in [-0.4, -0.2) is 22.7 Å². The maximum Gasteiger partial charge on any atom is 0.106 e. The molecule has 3 nitrogen and oxygen atoms in total. The van der Waals surface area contributed by atoms with Crippen molar-refractivity contribution in [2.75, 3.05) is 6.61 Å². The lowest BCUT2D eigenvalue weighted by atomic mass is 10.0. The molecule has 1 N–H and O–H groups in total. The van der Waals surface area contributed by atoms with Crippen LogP contribution in [0.4, 0.5) is 0 Å². The number of hydrogen-bond acceptors (Lipinski definition) is 2. The molecule has 1 aliphatic carbocycles. The van der Waals surface area contributed by atoms with Gasteiger partial charge in [-0.2, -0.15) is 0 Å². The second-order valence-corrected chi connectivity index (χ2v) is 4.99. The normalized spacial score (nSPS) is 24.6. The van der Waals surface area contributed by atoms with Gasteiger partial charge in [-0.25, -0.2) is 4.98 Å². The van der Waals surface area contributed by atoms with Gasteiger partial charge < -0.3 is 9.72 Å². The summed E-state index contributed by atoms with van der Waals surface area (Å²) >= 11 is 0. The minimum absolute atomic E-state index is 0.488. The van der Waals surface area contributed by atoms with Crippen LogP contribution < -0.4 is 0 Å². The first-order chi connectivity index (χ1) is 7.92. The highest BCUT2D eigenvalue weighted by atomic mass is 16.5. The first-order valence-electron chi connectivity index (χ1n) is 6.60. The van der Waals surface area contributed by atoms with E-state index in [0.717, 1.165) is 19.4 Å². The molecule has 1 aromatic rings. The molecular weight excluding hydrogens is 200 g/mol. The molecule has 16 heavy (non-hydrogen) atoms. The number of aromatic amines is 1. The first kappa shape index (κ1) is 10.3. The number of aryl methyl sites for hydroxylation is 3. The van der Waals surface area contributed by atoms with Crippen LogP contribution in [0.2, 0.25) is 0 Å². The van der Waals surface area contributed by atoms with Gasteiger partial charge in [0, 0.05) is 18.7 Å². The lowest BCUT2D eigenvalue weighted by Crippen LogP contribution is -2.06. The van der Waals surface area contributed by atoms with Crippen molar-refractivity contribution in [2.24, 2.45) is 0 Å². The lowest BCUT2D eigenvalue weighted by Gasteiger charge is -2.07. The molecule has 3 heteroatoms. The van der Waals surface area contributed by atoms with E-state index in [4.69, 9.17) is 9.72 Å². The number of rotatable bonds is 3. The molecule has 1 unspecified atom stereocenters. The SMILES string of the molecule is C1CCc2[nH]c(CCC3CCCO3)nc2C1. The smallest absolute Gasteiger partial charge is 0.106 e.